The van der Waals surface area contributed by atoms with Crippen LogP contribution in [0.2, 0.25) is 0 Å². The van der Waals surface area contributed by atoms with Gasteiger partial charge < -0.3 is 0 Å². The first-order valence-electron chi connectivity index (χ1n) is 7.45. The smallest absolute Gasteiger partial charge is 0.0421 e. The van der Waals surface area contributed by atoms with Crippen molar-refractivity contribution in [3.63, 3.8) is 0 Å². The van der Waals surface area contributed by atoms with Gasteiger partial charge in [-0.25, -0.2) is 0 Å². The van der Waals surface area contributed by atoms with Crippen LogP contribution in [-0.2, 0) is 0 Å². The minimum atomic E-state index is 1.23. The normalized spacial score (nSPS) is 11.7. The van der Waals surface area contributed by atoms with Gasteiger partial charge in [0.25, 0.3) is 0 Å². The summed E-state index contributed by atoms with van der Waals surface area (Å²) < 4.78 is 1.37. The maximum absolute atomic E-state index is 2.32. The summed E-state index contributed by atoms with van der Waals surface area (Å²) in [6, 6.07) is 21.6. The van der Waals surface area contributed by atoms with Gasteiger partial charge in [0.05, 0.1) is 0 Å². The lowest BCUT2D eigenvalue weighted by Crippen LogP contribution is -1.82. The quantitative estimate of drug-likeness (QED) is 0.369. The van der Waals surface area contributed by atoms with Crippen molar-refractivity contribution in [2.45, 2.75) is 6.92 Å². The van der Waals surface area contributed by atoms with Crippen molar-refractivity contribution in [2.24, 2.45) is 0 Å². The van der Waals surface area contributed by atoms with E-state index in [1.54, 1.807) is 0 Å². The fourth-order valence-electron chi connectivity index (χ4n) is 2.95. The molecule has 0 aliphatic carbocycles. The van der Waals surface area contributed by atoms with Crippen LogP contribution < -0.4 is 0 Å². The van der Waals surface area contributed by atoms with E-state index < -0.39 is 0 Å². The minimum absolute atomic E-state index is 1.23. The lowest BCUT2D eigenvalue weighted by molar-refractivity contribution is 1.54. The average Bonchev–Trinajstić information content (AvgIpc) is 3.04. The molecule has 0 aliphatic rings. The van der Waals surface area contributed by atoms with Gasteiger partial charge in [0.1, 0.15) is 0 Å². The molecule has 1 heterocycles. The lowest BCUT2D eigenvalue weighted by Gasteiger charge is -2.06. The van der Waals surface area contributed by atoms with Gasteiger partial charge in [-0.3, -0.25) is 0 Å². The molecule has 4 rings (SSSR count). The largest absolute Gasteiger partial charge is 0.143 e. The number of aryl methyl sites for hydroxylation is 1. The SMILES string of the molecule is Cc1cccc2c1cc(/C=C\c1ccccc1)c1sccc12. The Morgan fingerprint density at radius 1 is 0.773 bits per heavy atom. The van der Waals surface area contributed by atoms with Gasteiger partial charge in [-0.2, -0.15) is 0 Å². The van der Waals surface area contributed by atoms with Crippen molar-refractivity contribution in [2.75, 3.05) is 0 Å². The molecule has 0 saturated carbocycles. The van der Waals surface area contributed by atoms with Crippen molar-refractivity contribution in [3.8, 4) is 0 Å². The van der Waals surface area contributed by atoms with Crippen LogP contribution in [0.1, 0.15) is 16.7 Å². The van der Waals surface area contributed by atoms with Crippen LogP contribution in [0.15, 0.2) is 66.0 Å². The van der Waals surface area contributed by atoms with Gasteiger partial charge in [-0.1, -0.05) is 60.7 Å². The van der Waals surface area contributed by atoms with E-state index >= 15 is 0 Å². The van der Waals surface area contributed by atoms with Crippen LogP contribution in [0.4, 0.5) is 0 Å². The fraction of sp³-hybridized carbons (Fsp3) is 0.0476. The highest BCUT2D eigenvalue weighted by molar-refractivity contribution is 7.17. The zero-order chi connectivity index (χ0) is 14.9. The molecule has 0 bridgehead atoms. The number of rotatable bonds is 2. The minimum Gasteiger partial charge on any atom is -0.143 e. The van der Waals surface area contributed by atoms with Gasteiger partial charge in [0.15, 0.2) is 0 Å². The average molecular weight is 300 g/mol. The summed E-state index contributed by atoms with van der Waals surface area (Å²) in [7, 11) is 0. The molecular formula is C21H16S. The molecule has 4 aromatic rings. The van der Waals surface area contributed by atoms with Gasteiger partial charge in [0.2, 0.25) is 0 Å². The van der Waals surface area contributed by atoms with Crippen molar-refractivity contribution in [1.82, 2.24) is 0 Å². The zero-order valence-corrected chi connectivity index (χ0v) is 13.2. The monoisotopic (exact) mass is 300 g/mol. The Labute approximate surface area is 134 Å². The molecule has 1 heteroatoms. The van der Waals surface area contributed by atoms with E-state index in [0.29, 0.717) is 0 Å². The molecular weight excluding hydrogens is 284 g/mol. The molecule has 3 aromatic carbocycles. The van der Waals surface area contributed by atoms with E-state index in [0.717, 1.165) is 0 Å². The van der Waals surface area contributed by atoms with Crippen LogP contribution in [-0.4, -0.2) is 0 Å². The summed E-state index contributed by atoms with van der Waals surface area (Å²) >= 11 is 1.82. The first-order chi connectivity index (χ1) is 10.8. The second kappa shape index (κ2) is 5.43. The maximum atomic E-state index is 2.32. The summed E-state index contributed by atoms with van der Waals surface area (Å²) in [4.78, 5) is 0. The first kappa shape index (κ1) is 13.3. The third kappa shape index (κ3) is 2.24. The van der Waals surface area contributed by atoms with Crippen molar-refractivity contribution in [1.29, 1.82) is 0 Å². The van der Waals surface area contributed by atoms with E-state index in [-0.39, 0.29) is 0 Å². The molecule has 0 saturated heterocycles. The Morgan fingerprint density at radius 3 is 2.50 bits per heavy atom. The molecule has 0 spiro atoms. The van der Waals surface area contributed by atoms with Crippen molar-refractivity contribution in [3.05, 3.63) is 82.7 Å². The number of hydrogen-bond donors (Lipinski definition) is 0. The van der Waals surface area contributed by atoms with Crippen LogP contribution in [0.3, 0.4) is 0 Å². The van der Waals surface area contributed by atoms with Gasteiger partial charge in [-0.05, 0) is 51.9 Å². The Kier molecular flexibility index (Phi) is 3.28. The van der Waals surface area contributed by atoms with Crippen molar-refractivity contribution < 1.29 is 0 Å². The van der Waals surface area contributed by atoms with E-state index in [4.69, 9.17) is 0 Å². The molecule has 0 N–H and O–H groups in total. The second-order valence-corrected chi connectivity index (χ2v) is 6.46. The topological polar surface area (TPSA) is 0 Å². The maximum Gasteiger partial charge on any atom is 0.0421 e. The van der Waals surface area contributed by atoms with Crippen LogP contribution in [0.5, 0.6) is 0 Å². The van der Waals surface area contributed by atoms with Crippen molar-refractivity contribution >= 4 is 44.3 Å². The summed E-state index contributed by atoms with van der Waals surface area (Å²) in [5.41, 5.74) is 3.87. The summed E-state index contributed by atoms with van der Waals surface area (Å²) in [6.45, 7) is 2.19. The van der Waals surface area contributed by atoms with E-state index in [9.17, 15) is 0 Å². The highest BCUT2D eigenvalue weighted by Gasteiger charge is 2.07. The van der Waals surface area contributed by atoms with Crippen LogP contribution >= 0.6 is 11.3 Å². The molecule has 0 aliphatic heterocycles. The molecule has 0 radical (unpaired) electrons. The second-order valence-electron chi connectivity index (χ2n) is 5.54. The molecule has 0 amide bonds. The van der Waals surface area contributed by atoms with E-state index in [1.807, 2.05) is 17.4 Å². The highest BCUT2D eigenvalue weighted by atomic mass is 32.1. The Morgan fingerprint density at radius 2 is 1.64 bits per heavy atom. The predicted molar refractivity (Wildman–Crippen MR) is 99.4 cm³/mol. The standard InChI is InChI=1S/C21H16S/c1-15-6-5-9-18-19-12-13-22-21(19)17(14-20(15)18)11-10-16-7-3-2-4-8-16/h2-14H,1H3/b11-10-. The number of hydrogen-bond acceptors (Lipinski definition) is 1. The summed E-state index contributed by atoms with van der Waals surface area (Å²) in [5, 5.41) is 6.25. The molecule has 0 atom stereocenters. The highest BCUT2D eigenvalue weighted by Crippen LogP contribution is 2.34. The molecule has 1 aromatic heterocycles. The molecule has 0 nitrogen and oxygen atoms in total. The molecule has 0 unspecified atom stereocenters. The first-order valence-corrected chi connectivity index (χ1v) is 8.33. The van der Waals surface area contributed by atoms with Gasteiger partial charge in [0, 0.05) is 10.1 Å². The third-order valence-electron chi connectivity index (χ3n) is 4.10. The lowest BCUT2D eigenvalue weighted by atomic mass is 9.99. The van der Waals surface area contributed by atoms with E-state index in [2.05, 4.69) is 79.1 Å². The predicted octanol–water partition coefficient (Wildman–Crippen LogP) is 6.53. The number of thiophene rings is 1. The molecule has 22 heavy (non-hydrogen) atoms. The third-order valence-corrected chi connectivity index (χ3v) is 5.06. The fourth-order valence-corrected chi connectivity index (χ4v) is 3.86. The molecule has 0 fully saturated rings. The van der Waals surface area contributed by atoms with Crippen LogP contribution in [0, 0.1) is 6.92 Å². The Bertz CT molecular complexity index is 975. The number of fused-ring (bicyclic) bond motifs is 3. The molecule has 106 valence electrons. The Balaban J connectivity index is 1.94. The van der Waals surface area contributed by atoms with E-state index in [1.165, 1.54) is 37.5 Å². The summed E-state index contributed by atoms with van der Waals surface area (Å²) in [6.07, 6.45) is 4.43. The summed E-state index contributed by atoms with van der Waals surface area (Å²) in [5.74, 6) is 0. The Hall–Kier alpha value is -2.38. The van der Waals surface area contributed by atoms with Gasteiger partial charge >= 0.3 is 0 Å². The van der Waals surface area contributed by atoms with Gasteiger partial charge in [-0.15, -0.1) is 11.3 Å². The zero-order valence-electron chi connectivity index (χ0n) is 12.4. The number of benzene rings is 3. The van der Waals surface area contributed by atoms with Crippen LogP contribution in [0.25, 0.3) is 33.0 Å².